The molecule has 1 aromatic carbocycles. The third kappa shape index (κ3) is 5.30. The molecule has 0 saturated carbocycles. The van der Waals surface area contributed by atoms with Gasteiger partial charge < -0.3 is 14.8 Å². The van der Waals surface area contributed by atoms with Crippen LogP contribution in [0, 0.1) is 23.0 Å². The van der Waals surface area contributed by atoms with Crippen molar-refractivity contribution in [1.29, 1.82) is 5.26 Å². The zero-order chi connectivity index (χ0) is 14.1. The number of methoxy groups -OCH3 is 1. The molecular formula is C13H16F2N2O2. The number of hydrogen-bond donors (Lipinski definition) is 1. The molecule has 0 aromatic heterocycles. The Morgan fingerprint density at radius 3 is 2.47 bits per heavy atom. The number of nitrogens with one attached hydrogen (secondary N) is 1. The third-order valence-corrected chi connectivity index (χ3v) is 2.43. The first kappa shape index (κ1) is 15.5. The monoisotopic (exact) mass is 270 g/mol. The fraction of sp³-hybridized carbons (Fsp3) is 0.462. The summed E-state index contributed by atoms with van der Waals surface area (Å²) < 4.78 is 37.0. The van der Waals surface area contributed by atoms with Crippen molar-refractivity contribution < 1.29 is 18.3 Å². The average molecular weight is 270 g/mol. The molecular weight excluding hydrogens is 254 g/mol. The van der Waals surface area contributed by atoms with Crippen LogP contribution in [-0.4, -0.2) is 33.5 Å². The first-order valence-electron chi connectivity index (χ1n) is 5.84. The van der Waals surface area contributed by atoms with Gasteiger partial charge in [0.05, 0.1) is 31.5 Å². The van der Waals surface area contributed by atoms with E-state index in [0.717, 1.165) is 12.1 Å². The van der Waals surface area contributed by atoms with Crippen molar-refractivity contribution in [3.63, 3.8) is 0 Å². The molecule has 4 nitrogen and oxygen atoms in total. The number of halogens is 2. The second-order valence-electron chi connectivity index (χ2n) is 3.81. The summed E-state index contributed by atoms with van der Waals surface area (Å²) >= 11 is 0. The van der Waals surface area contributed by atoms with Crippen molar-refractivity contribution in [2.24, 2.45) is 0 Å². The molecule has 0 aliphatic rings. The maximum absolute atomic E-state index is 13.5. The third-order valence-electron chi connectivity index (χ3n) is 2.43. The second-order valence-corrected chi connectivity index (χ2v) is 3.81. The summed E-state index contributed by atoms with van der Waals surface area (Å²) in [6, 6.07) is 3.75. The minimum absolute atomic E-state index is 0.0263. The maximum atomic E-state index is 13.5. The molecule has 0 aliphatic carbocycles. The molecule has 0 amide bonds. The molecule has 0 unspecified atom stereocenters. The number of rotatable bonds is 8. The number of ether oxygens (including phenoxy) is 2. The van der Waals surface area contributed by atoms with Gasteiger partial charge in [-0.05, 0) is 12.1 Å². The highest BCUT2D eigenvalue weighted by Gasteiger charge is 2.10. The van der Waals surface area contributed by atoms with E-state index in [1.165, 1.54) is 0 Å². The molecule has 6 heteroatoms. The Morgan fingerprint density at radius 1 is 1.21 bits per heavy atom. The van der Waals surface area contributed by atoms with Crippen molar-refractivity contribution in [2.45, 2.75) is 6.54 Å². The van der Waals surface area contributed by atoms with Crippen LogP contribution < -0.4 is 5.32 Å². The molecule has 0 bridgehead atoms. The van der Waals surface area contributed by atoms with E-state index in [-0.39, 0.29) is 17.7 Å². The first-order chi connectivity index (χ1) is 9.19. The Balaban J connectivity index is 2.36. The van der Waals surface area contributed by atoms with Gasteiger partial charge in [0.1, 0.15) is 11.6 Å². The van der Waals surface area contributed by atoms with E-state index in [0.29, 0.717) is 26.4 Å². The lowest BCUT2D eigenvalue weighted by molar-refractivity contribution is 0.0718. The van der Waals surface area contributed by atoms with E-state index in [9.17, 15) is 8.78 Å². The van der Waals surface area contributed by atoms with E-state index < -0.39 is 11.6 Å². The summed E-state index contributed by atoms with van der Waals surface area (Å²) in [5.41, 5.74) is -0.0995. The minimum atomic E-state index is -0.718. The van der Waals surface area contributed by atoms with Gasteiger partial charge in [-0.15, -0.1) is 0 Å². The van der Waals surface area contributed by atoms with Crippen LogP contribution in [0.15, 0.2) is 12.1 Å². The van der Waals surface area contributed by atoms with Crippen LogP contribution >= 0.6 is 0 Å². The molecule has 1 aromatic rings. The van der Waals surface area contributed by atoms with E-state index in [4.69, 9.17) is 14.7 Å². The van der Waals surface area contributed by atoms with Crippen molar-refractivity contribution in [3.8, 4) is 6.07 Å². The van der Waals surface area contributed by atoms with Gasteiger partial charge in [-0.3, -0.25) is 0 Å². The molecule has 0 heterocycles. The first-order valence-corrected chi connectivity index (χ1v) is 5.84. The summed E-state index contributed by atoms with van der Waals surface area (Å²) in [6.45, 7) is 1.96. The Hall–Kier alpha value is -1.55. The van der Waals surface area contributed by atoms with Crippen LogP contribution in [0.5, 0.6) is 0 Å². The minimum Gasteiger partial charge on any atom is -0.382 e. The summed E-state index contributed by atoms with van der Waals surface area (Å²) in [5, 5.41) is 11.4. The highest BCUT2D eigenvalue weighted by Crippen LogP contribution is 2.14. The smallest absolute Gasteiger partial charge is 0.131 e. The van der Waals surface area contributed by atoms with Crippen molar-refractivity contribution in [1.82, 2.24) is 5.32 Å². The van der Waals surface area contributed by atoms with Gasteiger partial charge in [-0.1, -0.05) is 0 Å². The van der Waals surface area contributed by atoms with Crippen molar-refractivity contribution in [2.75, 3.05) is 33.5 Å². The van der Waals surface area contributed by atoms with Crippen LogP contribution in [0.4, 0.5) is 8.78 Å². The lowest BCUT2D eigenvalue weighted by Crippen LogP contribution is -2.21. The highest BCUT2D eigenvalue weighted by atomic mass is 19.1. The summed E-state index contributed by atoms with van der Waals surface area (Å²) in [4.78, 5) is 0. The molecule has 1 N–H and O–H groups in total. The molecule has 0 fully saturated rings. The quantitative estimate of drug-likeness (QED) is 0.729. The predicted octanol–water partition coefficient (Wildman–Crippen LogP) is 1.59. The number of nitrogens with zero attached hydrogens (tertiary/aromatic N) is 1. The summed E-state index contributed by atoms with van der Waals surface area (Å²) in [7, 11) is 1.58. The molecule has 104 valence electrons. The van der Waals surface area contributed by atoms with Gasteiger partial charge in [-0.25, -0.2) is 8.78 Å². The SMILES string of the molecule is COCCOCCNCc1c(F)cc(C#N)cc1F. The van der Waals surface area contributed by atoms with Crippen LogP contribution in [-0.2, 0) is 16.0 Å². The topological polar surface area (TPSA) is 54.3 Å². The van der Waals surface area contributed by atoms with E-state index >= 15 is 0 Å². The van der Waals surface area contributed by atoms with Gasteiger partial charge in [-0.2, -0.15) is 5.26 Å². The predicted molar refractivity (Wildman–Crippen MR) is 65.5 cm³/mol. The Labute approximate surface area is 110 Å². The zero-order valence-corrected chi connectivity index (χ0v) is 10.7. The Kier molecular flexibility index (Phi) is 6.97. The highest BCUT2D eigenvalue weighted by molar-refractivity contribution is 5.34. The standard InChI is InChI=1S/C13H16F2N2O2/c1-18-4-5-19-3-2-17-9-11-12(14)6-10(8-16)7-13(11)15/h6-7,17H,2-5,9H2,1H3. The number of benzene rings is 1. The lowest BCUT2D eigenvalue weighted by atomic mass is 10.1. The van der Waals surface area contributed by atoms with Crippen LogP contribution in [0.3, 0.4) is 0 Å². The fourth-order valence-electron chi connectivity index (χ4n) is 1.44. The van der Waals surface area contributed by atoms with Gasteiger partial charge >= 0.3 is 0 Å². The molecule has 1 rings (SSSR count). The zero-order valence-electron chi connectivity index (χ0n) is 10.7. The van der Waals surface area contributed by atoms with Crippen LogP contribution in [0.1, 0.15) is 11.1 Å². The molecule has 0 aliphatic heterocycles. The molecule has 0 radical (unpaired) electrons. The van der Waals surface area contributed by atoms with E-state index in [1.807, 2.05) is 0 Å². The molecule has 0 atom stereocenters. The molecule has 19 heavy (non-hydrogen) atoms. The van der Waals surface area contributed by atoms with Gasteiger partial charge in [0.2, 0.25) is 0 Å². The van der Waals surface area contributed by atoms with E-state index in [1.54, 1.807) is 13.2 Å². The Morgan fingerprint density at radius 2 is 1.89 bits per heavy atom. The average Bonchev–Trinajstić information content (AvgIpc) is 2.40. The van der Waals surface area contributed by atoms with Crippen molar-refractivity contribution in [3.05, 3.63) is 34.9 Å². The van der Waals surface area contributed by atoms with Gasteiger partial charge in [0, 0.05) is 25.8 Å². The van der Waals surface area contributed by atoms with Crippen molar-refractivity contribution >= 4 is 0 Å². The maximum Gasteiger partial charge on any atom is 0.131 e. The van der Waals surface area contributed by atoms with Crippen LogP contribution in [0.2, 0.25) is 0 Å². The largest absolute Gasteiger partial charge is 0.382 e. The molecule has 0 saturated heterocycles. The fourth-order valence-corrected chi connectivity index (χ4v) is 1.44. The summed E-state index contributed by atoms with van der Waals surface area (Å²) in [5.74, 6) is -1.44. The van der Waals surface area contributed by atoms with Gasteiger partial charge in [0.25, 0.3) is 0 Å². The second kappa shape index (κ2) is 8.53. The normalized spacial score (nSPS) is 10.4. The molecule has 0 spiro atoms. The van der Waals surface area contributed by atoms with Crippen LogP contribution in [0.25, 0.3) is 0 Å². The summed E-state index contributed by atoms with van der Waals surface area (Å²) in [6.07, 6.45) is 0. The van der Waals surface area contributed by atoms with E-state index in [2.05, 4.69) is 5.32 Å². The lowest BCUT2D eigenvalue weighted by Gasteiger charge is -2.08. The number of nitriles is 1. The Bertz CT molecular complexity index is 424. The number of hydrogen-bond acceptors (Lipinski definition) is 4. The van der Waals surface area contributed by atoms with Gasteiger partial charge in [0.15, 0.2) is 0 Å².